The molecule has 0 fully saturated rings. The maximum absolute atomic E-state index is 5.63. The number of aryl methyl sites for hydroxylation is 2. The molecule has 17 heavy (non-hydrogen) atoms. The molecule has 0 spiro atoms. The average Bonchev–Trinajstić information content (AvgIpc) is 2.83. The van der Waals surface area contributed by atoms with Gasteiger partial charge in [0.25, 0.3) is 0 Å². The van der Waals surface area contributed by atoms with E-state index >= 15 is 0 Å². The highest BCUT2D eigenvalue weighted by atomic mass is 79.9. The third-order valence-corrected chi connectivity index (χ3v) is 3.28. The van der Waals surface area contributed by atoms with Crippen molar-refractivity contribution in [1.29, 1.82) is 0 Å². The number of hydrogen-bond donors (Lipinski definition) is 0. The van der Waals surface area contributed by atoms with Crippen molar-refractivity contribution in [3.8, 4) is 11.6 Å². The van der Waals surface area contributed by atoms with Gasteiger partial charge in [-0.1, -0.05) is 6.07 Å². The Hall–Kier alpha value is -1.55. The molecule has 86 valence electrons. The second-order valence-electron chi connectivity index (χ2n) is 4.10. The van der Waals surface area contributed by atoms with Crippen molar-refractivity contribution in [1.82, 2.24) is 9.38 Å². The molecule has 0 atom stereocenters. The van der Waals surface area contributed by atoms with Gasteiger partial charge >= 0.3 is 0 Å². The minimum atomic E-state index is 0.786. The summed E-state index contributed by atoms with van der Waals surface area (Å²) in [7, 11) is 0. The first kappa shape index (κ1) is 10.6. The second-order valence-corrected chi connectivity index (χ2v) is 4.85. The van der Waals surface area contributed by atoms with E-state index in [0.29, 0.717) is 0 Å². The van der Waals surface area contributed by atoms with E-state index in [1.165, 1.54) is 5.56 Å². The van der Waals surface area contributed by atoms with Crippen LogP contribution in [0.15, 0.2) is 39.5 Å². The number of imidazole rings is 1. The first-order chi connectivity index (χ1) is 8.15. The van der Waals surface area contributed by atoms with Crippen LogP contribution in [0.1, 0.15) is 11.3 Å². The van der Waals surface area contributed by atoms with Gasteiger partial charge in [0.2, 0.25) is 0 Å². The summed E-state index contributed by atoms with van der Waals surface area (Å²) in [5.74, 6) is 2.50. The van der Waals surface area contributed by atoms with Crippen LogP contribution in [-0.4, -0.2) is 9.38 Å². The zero-order valence-electron chi connectivity index (χ0n) is 9.57. The molecule has 0 aromatic carbocycles. The fourth-order valence-electron chi connectivity index (χ4n) is 1.88. The van der Waals surface area contributed by atoms with Crippen molar-refractivity contribution in [2.75, 3.05) is 0 Å². The number of aromatic nitrogens is 2. The normalized spacial score (nSPS) is 11.2. The lowest BCUT2D eigenvalue weighted by Crippen LogP contribution is -1.88. The molecule has 3 aromatic heterocycles. The molecule has 3 heterocycles. The molecule has 0 saturated carbocycles. The van der Waals surface area contributed by atoms with E-state index in [1.807, 2.05) is 29.5 Å². The molecule has 3 rings (SSSR count). The van der Waals surface area contributed by atoms with Crippen LogP contribution in [0, 0.1) is 13.8 Å². The number of pyridine rings is 1. The number of halogens is 1. The minimum absolute atomic E-state index is 0.786. The Balaban J connectivity index is 2.33. The summed E-state index contributed by atoms with van der Waals surface area (Å²) in [4.78, 5) is 4.50. The number of hydrogen-bond acceptors (Lipinski definition) is 2. The van der Waals surface area contributed by atoms with Gasteiger partial charge in [0.15, 0.2) is 11.6 Å². The molecule has 0 radical (unpaired) electrons. The Kier molecular flexibility index (Phi) is 2.33. The van der Waals surface area contributed by atoms with Crippen LogP contribution < -0.4 is 0 Å². The molecule has 0 unspecified atom stereocenters. The average molecular weight is 291 g/mol. The Morgan fingerprint density at radius 2 is 2.00 bits per heavy atom. The highest BCUT2D eigenvalue weighted by molar-refractivity contribution is 9.10. The van der Waals surface area contributed by atoms with E-state index in [0.717, 1.165) is 27.5 Å². The summed E-state index contributed by atoms with van der Waals surface area (Å²) in [6.07, 6.45) is 2.06. The smallest absolute Gasteiger partial charge is 0.181 e. The monoisotopic (exact) mass is 290 g/mol. The van der Waals surface area contributed by atoms with Crippen LogP contribution in [0.3, 0.4) is 0 Å². The second kappa shape index (κ2) is 3.74. The maximum atomic E-state index is 5.63. The van der Waals surface area contributed by atoms with Crippen molar-refractivity contribution in [2.45, 2.75) is 13.8 Å². The largest absolute Gasteiger partial charge is 0.458 e. The van der Waals surface area contributed by atoms with Crippen molar-refractivity contribution >= 4 is 21.4 Å². The highest BCUT2D eigenvalue weighted by Gasteiger charge is 2.13. The Morgan fingerprint density at radius 3 is 2.71 bits per heavy atom. The lowest BCUT2D eigenvalue weighted by Gasteiger charge is -1.99. The number of rotatable bonds is 1. The molecule has 3 nitrogen and oxygen atoms in total. The van der Waals surface area contributed by atoms with E-state index in [-0.39, 0.29) is 0 Å². The summed E-state index contributed by atoms with van der Waals surface area (Å²) in [5, 5.41) is 0. The Labute approximate surface area is 107 Å². The van der Waals surface area contributed by atoms with E-state index in [4.69, 9.17) is 4.42 Å². The predicted molar refractivity (Wildman–Crippen MR) is 70.1 cm³/mol. The predicted octanol–water partition coefficient (Wildman–Crippen LogP) is 3.97. The summed E-state index contributed by atoms with van der Waals surface area (Å²) >= 11 is 3.47. The molecule has 0 amide bonds. The van der Waals surface area contributed by atoms with Gasteiger partial charge < -0.3 is 4.42 Å². The molecule has 4 heteroatoms. The third kappa shape index (κ3) is 1.69. The van der Waals surface area contributed by atoms with E-state index < -0.39 is 0 Å². The summed E-state index contributed by atoms with van der Waals surface area (Å²) < 4.78 is 8.50. The van der Waals surface area contributed by atoms with Gasteiger partial charge in [0.1, 0.15) is 10.4 Å². The van der Waals surface area contributed by atoms with Crippen molar-refractivity contribution in [2.24, 2.45) is 0 Å². The molecular formula is C13H11BrN2O. The van der Waals surface area contributed by atoms with E-state index in [9.17, 15) is 0 Å². The maximum Gasteiger partial charge on any atom is 0.181 e. The van der Waals surface area contributed by atoms with Crippen LogP contribution in [0.4, 0.5) is 0 Å². The van der Waals surface area contributed by atoms with Crippen LogP contribution in [0.5, 0.6) is 0 Å². The zero-order valence-corrected chi connectivity index (χ0v) is 11.2. The fourth-order valence-corrected chi connectivity index (χ4v) is 2.37. The van der Waals surface area contributed by atoms with Crippen molar-refractivity contribution < 1.29 is 4.42 Å². The summed E-state index contributed by atoms with van der Waals surface area (Å²) in [5.41, 5.74) is 2.23. The van der Waals surface area contributed by atoms with E-state index in [1.54, 1.807) is 0 Å². The van der Waals surface area contributed by atoms with Gasteiger partial charge in [-0.25, -0.2) is 4.98 Å². The minimum Gasteiger partial charge on any atom is -0.458 e. The standard InChI is InChI=1S/C13H11BrN2O/c1-8-3-5-10-12(14)15-13(16(10)7-8)11-6-4-9(2)17-11/h3-7H,1-2H3. The lowest BCUT2D eigenvalue weighted by atomic mass is 10.3. The van der Waals surface area contributed by atoms with Gasteiger partial charge in [-0.3, -0.25) is 4.40 Å². The lowest BCUT2D eigenvalue weighted by molar-refractivity contribution is 0.544. The van der Waals surface area contributed by atoms with Crippen LogP contribution in [-0.2, 0) is 0 Å². The summed E-state index contributed by atoms with van der Waals surface area (Å²) in [6, 6.07) is 8.00. The van der Waals surface area contributed by atoms with Crippen LogP contribution in [0.2, 0.25) is 0 Å². The van der Waals surface area contributed by atoms with Gasteiger partial charge in [0.05, 0.1) is 5.52 Å². The number of nitrogens with zero attached hydrogens (tertiary/aromatic N) is 2. The van der Waals surface area contributed by atoms with Gasteiger partial charge in [-0.05, 0) is 53.5 Å². The molecular weight excluding hydrogens is 280 g/mol. The number of furan rings is 1. The molecule has 3 aromatic rings. The van der Waals surface area contributed by atoms with Crippen molar-refractivity contribution in [3.63, 3.8) is 0 Å². The number of fused-ring (bicyclic) bond motifs is 1. The topological polar surface area (TPSA) is 30.4 Å². The van der Waals surface area contributed by atoms with Crippen molar-refractivity contribution in [3.05, 3.63) is 46.4 Å². The fraction of sp³-hybridized carbons (Fsp3) is 0.154. The van der Waals surface area contributed by atoms with Crippen LogP contribution >= 0.6 is 15.9 Å². The molecule has 0 bridgehead atoms. The van der Waals surface area contributed by atoms with Gasteiger partial charge in [-0.2, -0.15) is 0 Å². The quantitative estimate of drug-likeness (QED) is 0.679. The molecule has 0 N–H and O–H groups in total. The van der Waals surface area contributed by atoms with E-state index in [2.05, 4.69) is 40.1 Å². The zero-order chi connectivity index (χ0) is 12.0. The highest BCUT2D eigenvalue weighted by Crippen LogP contribution is 2.27. The third-order valence-electron chi connectivity index (χ3n) is 2.70. The molecule has 0 saturated heterocycles. The molecule has 0 aliphatic rings. The first-order valence-electron chi connectivity index (χ1n) is 5.36. The first-order valence-corrected chi connectivity index (χ1v) is 6.15. The molecule has 0 aliphatic carbocycles. The summed E-state index contributed by atoms with van der Waals surface area (Å²) in [6.45, 7) is 3.99. The van der Waals surface area contributed by atoms with Gasteiger partial charge in [0, 0.05) is 6.20 Å². The van der Waals surface area contributed by atoms with Crippen LogP contribution in [0.25, 0.3) is 17.1 Å². The Bertz CT molecular complexity index is 697. The molecule has 0 aliphatic heterocycles. The van der Waals surface area contributed by atoms with Gasteiger partial charge in [-0.15, -0.1) is 0 Å². The SMILES string of the molecule is Cc1ccc2c(Br)nc(-c3ccc(C)o3)n2c1. The Morgan fingerprint density at radius 1 is 1.18 bits per heavy atom.